The van der Waals surface area contributed by atoms with Crippen molar-refractivity contribution < 1.29 is 0 Å². The van der Waals surface area contributed by atoms with Crippen molar-refractivity contribution >= 4 is 54.9 Å². The standard InChI is InChI=1S/C47H30N6/c1-5-15-31(16-6-1)47(32-17-7-2-8-18-32,39-27-50-41-35(39)23-13-25-37(41)43-45(50)48-29-52(43)33-19-9-3-10-20-33)40-28-51-42-36(40)24-14-26-38(42)44-46(51)49-30-53(44)34-21-11-4-12-22-34/h1-30H. The second-order valence-electron chi connectivity index (χ2n) is 14.0. The summed E-state index contributed by atoms with van der Waals surface area (Å²) in [7, 11) is 0. The van der Waals surface area contributed by atoms with Crippen LogP contribution in [0, 0.1) is 0 Å². The second kappa shape index (κ2) is 10.4. The number of para-hydroxylation sites is 4. The lowest BCUT2D eigenvalue weighted by molar-refractivity contribution is 0.756. The van der Waals surface area contributed by atoms with Crippen LogP contribution in [-0.4, -0.2) is 27.9 Å². The van der Waals surface area contributed by atoms with Crippen LogP contribution in [0.4, 0.5) is 0 Å². The molecule has 6 aromatic carbocycles. The SMILES string of the molecule is c1ccc(-n2cnc3c2c2cccc4c(C(c5ccccc5)(c5ccccc5)c5cn6c7ncn(-c8ccccc8)c7c7cccc5c76)cn3c42)cc1. The smallest absolute Gasteiger partial charge is 0.164 e. The molecule has 0 N–H and O–H groups in total. The van der Waals surface area contributed by atoms with Crippen LogP contribution in [0.1, 0.15) is 22.3 Å². The molecule has 12 rings (SSSR count). The van der Waals surface area contributed by atoms with E-state index in [4.69, 9.17) is 9.97 Å². The van der Waals surface area contributed by atoms with Crippen molar-refractivity contribution in [3.05, 3.63) is 205 Å². The fourth-order valence-corrected chi connectivity index (χ4v) is 9.29. The van der Waals surface area contributed by atoms with Gasteiger partial charge in [-0.15, -0.1) is 0 Å². The Bertz CT molecular complexity index is 3040. The molecule has 0 fully saturated rings. The van der Waals surface area contributed by atoms with Crippen LogP contribution in [0.15, 0.2) is 183 Å². The zero-order valence-corrected chi connectivity index (χ0v) is 28.5. The van der Waals surface area contributed by atoms with Gasteiger partial charge in [0.15, 0.2) is 11.3 Å². The van der Waals surface area contributed by atoms with E-state index >= 15 is 0 Å². The minimum Gasteiger partial charge on any atom is -0.298 e. The molecule has 0 bridgehead atoms. The molecule has 0 aliphatic rings. The molecule has 0 saturated carbocycles. The van der Waals surface area contributed by atoms with E-state index in [9.17, 15) is 0 Å². The highest BCUT2D eigenvalue weighted by molar-refractivity contribution is 6.16. The predicted octanol–water partition coefficient (Wildman–Crippen LogP) is 10.4. The van der Waals surface area contributed by atoms with Crippen LogP contribution < -0.4 is 0 Å². The molecule has 0 aliphatic carbocycles. The van der Waals surface area contributed by atoms with Crippen LogP contribution >= 0.6 is 0 Å². The number of hydrogen-bond acceptors (Lipinski definition) is 2. The largest absolute Gasteiger partial charge is 0.298 e. The quantitative estimate of drug-likeness (QED) is 0.176. The molecule has 12 aromatic rings. The summed E-state index contributed by atoms with van der Waals surface area (Å²) in [6.45, 7) is 0. The van der Waals surface area contributed by atoms with Crippen molar-refractivity contribution in [1.82, 2.24) is 27.9 Å². The van der Waals surface area contributed by atoms with Crippen molar-refractivity contribution in [2.24, 2.45) is 0 Å². The maximum absolute atomic E-state index is 5.06. The van der Waals surface area contributed by atoms with Gasteiger partial charge in [0, 0.05) is 45.3 Å². The first-order valence-electron chi connectivity index (χ1n) is 18.0. The first kappa shape index (κ1) is 28.5. The Morgan fingerprint density at radius 2 is 0.736 bits per heavy atom. The second-order valence-corrected chi connectivity index (χ2v) is 14.0. The Kier molecular flexibility index (Phi) is 5.61. The van der Waals surface area contributed by atoms with Gasteiger partial charge in [0.1, 0.15) is 12.7 Å². The van der Waals surface area contributed by atoms with E-state index < -0.39 is 5.41 Å². The lowest BCUT2D eigenvalue weighted by atomic mass is 9.65. The summed E-state index contributed by atoms with van der Waals surface area (Å²) in [6, 6.07) is 56.5. The summed E-state index contributed by atoms with van der Waals surface area (Å²) >= 11 is 0. The summed E-state index contributed by atoms with van der Waals surface area (Å²) in [5.74, 6) is 0. The molecule has 6 aromatic heterocycles. The van der Waals surface area contributed by atoms with Gasteiger partial charge in [-0.25, -0.2) is 9.97 Å². The molecule has 0 atom stereocenters. The van der Waals surface area contributed by atoms with Gasteiger partial charge in [-0.1, -0.05) is 133 Å². The Morgan fingerprint density at radius 1 is 0.358 bits per heavy atom. The fourth-order valence-electron chi connectivity index (χ4n) is 9.29. The zero-order valence-electron chi connectivity index (χ0n) is 28.5. The molecule has 0 spiro atoms. The molecule has 6 heteroatoms. The van der Waals surface area contributed by atoms with Crippen LogP contribution in [0.3, 0.4) is 0 Å². The van der Waals surface area contributed by atoms with Gasteiger partial charge < -0.3 is 0 Å². The third-order valence-corrected chi connectivity index (χ3v) is 11.4. The minimum absolute atomic E-state index is 0.689. The van der Waals surface area contributed by atoms with Gasteiger partial charge in [0.05, 0.1) is 27.5 Å². The number of fused-ring (bicyclic) bond motifs is 6. The van der Waals surface area contributed by atoms with Crippen molar-refractivity contribution in [3.63, 3.8) is 0 Å². The number of benzene rings is 6. The summed E-state index contributed by atoms with van der Waals surface area (Å²) in [5.41, 5.74) is 12.8. The van der Waals surface area contributed by atoms with Crippen LogP contribution in [0.5, 0.6) is 0 Å². The number of nitrogens with zero attached hydrogens (tertiary/aromatic N) is 6. The lowest BCUT2D eigenvalue weighted by Gasteiger charge is -2.36. The third kappa shape index (κ3) is 3.61. The van der Waals surface area contributed by atoms with Crippen LogP contribution in [-0.2, 0) is 5.41 Å². The lowest BCUT2D eigenvalue weighted by Crippen LogP contribution is -2.30. The molecule has 0 saturated heterocycles. The first-order valence-corrected chi connectivity index (χ1v) is 18.0. The highest BCUT2D eigenvalue weighted by atomic mass is 15.1. The molecular formula is C47H30N6. The summed E-state index contributed by atoms with van der Waals surface area (Å²) in [6.07, 6.45) is 8.63. The predicted molar refractivity (Wildman–Crippen MR) is 213 cm³/mol. The normalized spacial score (nSPS) is 12.5. The number of hydrogen-bond donors (Lipinski definition) is 0. The average Bonchev–Trinajstić information content (AvgIpc) is 4.08. The molecule has 53 heavy (non-hydrogen) atoms. The topological polar surface area (TPSA) is 44.5 Å². The fraction of sp³-hybridized carbons (Fsp3) is 0.0213. The van der Waals surface area contributed by atoms with Crippen molar-refractivity contribution in [1.29, 1.82) is 0 Å². The molecule has 0 aliphatic heterocycles. The molecule has 0 unspecified atom stereocenters. The van der Waals surface area contributed by atoms with Gasteiger partial charge in [0.25, 0.3) is 0 Å². The highest BCUT2D eigenvalue weighted by Gasteiger charge is 2.43. The summed E-state index contributed by atoms with van der Waals surface area (Å²) in [5, 5.41) is 4.77. The molecule has 248 valence electrons. The Balaban J connectivity index is 1.22. The van der Waals surface area contributed by atoms with Crippen molar-refractivity contribution in [3.8, 4) is 11.4 Å². The molecular weight excluding hydrogens is 649 g/mol. The monoisotopic (exact) mass is 678 g/mol. The number of rotatable bonds is 6. The third-order valence-electron chi connectivity index (χ3n) is 11.4. The van der Waals surface area contributed by atoms with E-state index in [0.717, 1.165) is 33.7 Å². The zero-order chi connectivity index (χ0) is 34.7. The van der Waals surface area contributed by atoms with E-state index in [0.29, 0.717) is 0 Å². The molecule has 0 amide bonds. The molecule has 6 nitrogen and oxygen atoms in total. The van der Waals surface area contributed by atoms with Gasteiger partial charge in [-0.05, 0) is 46.5 Å². The number of aromatic nitrogens is 6. The van der Waals surface area contributed by atoms with E-state index in [2.05, 4.69) is 188 Å². The van der Waals surface area contributed by atoms with Crippen LogP contribution in [0.2, 0.25) is 0 Å². The summed E-state index contributed by atoms with van der Waals surface area (Å²) < 4.78 is 9.08. The Morgan fingerprint density at radius 3 is 1.15 bits per heavy atom. The van der Waals surface area contributed by atoms with E-state index in [1.807, 2.05) is 12.7 Å². The maximum Gasteiger partial charge on any atom is 0.164 e. The first-order chi connectivity index (χ1) is 26.3. The Hall–Kier alpha value is -7.18. The Labute approximate surface area is 303 Å². The van der Waals surface area contributed by atoms with E-state index in [1.54, 1.807) is 0 Å². The van der Waals surface area contributed by atoms with Crippen molar-refractivity contribution in [2.45, 2.75) is 5.41 Å². The van der Waals surface area contributed by atoms with Gasteiger partial charge >= 0.3 is 0 Å². The van der Waals surface area contributed by atoms with Gasteiger partial charge in [-0.2, -0.15) is 0 Å². The van der Waals surface area contributed by atoms with E-state index in [-0.39, 0.29) is 0 Å². The molecule has 6 heterocycles. The summed E-state index contributed by atoms with van der Waals surface area (Å²) in [4.78, 5) is 10.1. The average molecular weight is 679 g/mol. The minimum atomic E-state index is -0.689. The van der Waals surface area contributed by atoms with Crippen molar-refractivity contribution in [2.75, 3.05) is 0 Å². The maximum atomic E-state index is 5.06. The van der Waals surface area contributed by atoms with E-state index in [1.165, 1.54) is 54.8 Å². The van der Waals surface area contributed by atoms with Gasteiger partial charge in [-0.3, -0.25) is 17.9 Å². The van der Waals surface area contributed by atoms with Gasteiger partial charge in [0.2, 0.25) is 0 Å². The number of imidazole rings is 2. The highest BCUT2D eigenvalue weighted by Crippen LogP contribution is 2.52. The molecule has 0 radical (unpaired) electrons. The van der Waals surface area contributed by atoms with Crippen LogP contribution in [0.25, 0.3) is 66.3 Å².